The van der Waals surface area contributed by atoms with Gasteiger partial charge in [0.1, 0.15) is 16.8 Å². The number of benzene rings is 1. The maximum Gasteiger partial charge on any atom is 0.226 e. The zero-order chi connectivity index (χ0) is 19.9. The lowest BCUT2D eigenvalue weighted by atomic mass is 9.96. The topological polar surface area (TPSA) is 74.2 Å². The maximum absolute atomic E-state index is 12.1. The van der Waals surface area contributed by atoms with Gasteiger partial charge in [0.2, 0.25) is 5.91 Å². The number of anilines is 1. The van der Waals surface area contributed by atoms with E-state index in [0.717, 1.165) is 42.0 Å². The second kappa shape index (κ2) is 9.67. The van der Waals surface area contributed by atoms with Crippen LogP contribution in [0.4, 0.5) is 5.00 Å². The number of fused-ring (bicyclic) bond motifs is 1. The molecule has 28 heavy (non-hydrogen) atoms. The first kappa shape index (κ1) is 20.3. The number of nitrogens with zero attached hydrogens (tertiary/aromatic N) is 1. The molecule has 0 spiro atoms. The third kappa shape index (κ3) is 5.31. The fourth-order valence-corrected chi connectivity index (χ4v) is 4.68. The van der Waals surface area contributed by atoms with Gasteiger partial charge in [0.25, 0.3) is 0 Å². The Hall–Kier alpha value is -2.43. The van der Waals surface area contributed by atoms with E-state index in [4.69, 9.17) is 17.0 Å². The summed E-state index contributed by atoms with van der Waals surface area (Å²) in [4.78, 5) is 13.3. The third-order valence-corrected chi connectivity index (χ3v) is 6.01. The molecule has 0 saturated heterocycles. The number of carbonyl (C=O) groups is 1. The third-order valence-electron chi connectivity index (χ3n) is 4.60. The molecule has 1 aromatic carbocycles. The molecule has 5 nitrogen and oxygen atoms in total. The lowest BCUT2D eigenvalue weighted by Crippen LogP contribution is -2.34. The van der Waals surface area contributed by atoms with E-state index in [1.54, 1.807) is 11.3 Å². The first-order valence-electron chi connectivity index (χ1n) is 9.41. The van der Waals surface area contributed by atoms with Crippen LogP contribution in [0.5, 0.6) is 5.75 Å². The van der Waals surface area contributed by atoms with Gasteiger partial charge in [-0.25, -0.2) is 0 Å². The smallest absolute Gasteiger partial charge is 0.226 e. The summed E-state index contributed by atoms with van der Waals surface area (Å²) in [5.74, 6) is 0.638. The van der Waals surface area contributed by atoms with Crippen LogP contribution in [0.15, 0.2) is 24.3 Å². The van der Waals surface area contributed by atoms with Crippen molar-refractivity contribution in [1.82, 2.24) is 5.32 Å². The number of thiophene rings is 1. The van der Waals surface area contributed by atoms with Gasteiger partial charge in [-0.15, -0.1) is 11.3 Å². The number of nitrogens with one attached hydrogen (secondary N) is 2. The van der Waals surface area contributed by atoms with E-state index in [1.165, 1.54) is 10.4 Å². The maximum atomic E-state index is 12.1. The number of amides is 1. The van der Waals surface area contributed by atoms with Gasteiger partial charge in [0, 0.05) is 11.3 Å². The van der Waals surface area contributed by atoms with Crippen molar-refractivity contribution in [3.8, 4) is 11.8 Å². The van der Waals surface area contributed by atoms with Crippen molar-refractivity contribution >= 4 is 39.6 Å². The van der Waals surface area contributed by atoms with Crippen LogP contribution in [0.3, 0.4) is 0 Å². The van der Waals surface area contributed by atoms with Crippen LogP contribution in [0.2, 0.25) is 0 Å². The first-order valence-corrected chi connectivity index (χ1v) is 10.6. The van der Waals surface area contributed by atoms with Crippen molar-refractivity contribution < 1.29 is 9.53 Å². The van der Waals surface area contributed by atoms with Crippen molar-refractivity contribution in [3.63, 3.8) is 0 Å². The Kier molecular flexibility index (Phi) is 7.01. The molecular weight excluding hydrogens is 390 g/mol. The van der Waals surface area contributed by atoms with Gasteiger partial charge < -0.3 is 15.4 Å². The van der Waals surface area contributed by atoms with Gasteiger partial charge in [0.15, 0.2) is 5.11 Å². The van der Waals surface area contributed by atoms with Crippen LogP contribution in [-0.4, -0.2) is 17.6 Å². The molecule has 1 aliphatic carbocycles. The second-order valence-electron chi connectivity index (χ2n) is 6.79. The van der Waals surface area contributed by atoms with Crippen molar-refractivity contribution in [2.24, 2.45) is 0 Å². The van der Waals surface area contributed by atoms with Gasteiger partial charge in [-0.2, -0.15) is 5.26 Å². The number of rotatable bonds is 6. The molecule has 1 aromatic heterocycles. The van der Waals surface area contributed by atoms with Crippen molar-refractivity contribution in [2.45, 2.75) is 45.4 Å². The highest BCUT2D eigenvalue weighted by Crippen LogP contribution is 2.37. The summed E-state index contributed by atoms with van der Waals surface area (Å²) in [7, 11) is 0. The Morgan fingerprint density at radius 2 is 2.04 bits per heavy atom. The van der Waals surface area contributed by atoms with E-state index in [2.05, 4.69) is 16.7 Å². The minimum absolute atomic E-state index is 0.162. The molecule has 7 heteroatoms. The van der Waals surface area contributed by atoms with Crippen LogP contribution in [0, 0.1) is 18.3 Å². The predicted octanol–water partition coefficient (Wildman–Crippen LogP) is 4.48. The summed E-state index contributed by atoms with van der Waals surface area (Å²) in [5.41, 5.74) is 2.99. The van der Waals surface area contributed by atoms with E-state index >= 15 is 0 Å². The number of hydrogen-bond donors (Lipinski definition) is 2. The van der Waals surface area contributed by atoms with E-state index in [9.17, 15) is 10.1 Å². The van der Waals surface area contributed by atoms with E-state index in [-0.39, 0.29) is 11.0 Å². The molecule has 1 amide bonds. The largest absolute Gasteiger partial charge is 0.494 e. The highest BCUT2D eigenvalue weighted by atomic mass is 32.1. The van der Waals surface area contributed by atoms with Gasteiger partial charge in [0.05, 0.1) is 12.2 Å². The molecule has 2 N–H and O–H groups in total. The van der Waals surface area contributed by atoms with E-state index in [1.807, 2.05) is 31.2 Å². The number of carbonyl (C=O) groups excluding carboxylic acids is 1. The molecule has 2 aromatic rings. The lowest BCUT2D eigenvalue weighted by Gasteiger charge is -2.10. The van der Waals surface area contributed by atoms with Gasteiger partial charge in [-0.05, 0) is 68.9 Å². The van der Waals surface area contributed by atoms with Crippen molar-refractivity contribution in [1.29, 1.82) is 5.26 Å². The highest BCUT2D eigenvalue weighted by molar-refractivity contribution is 7.80. The molecule has 1 aliphatic rings. The summed E-state index contributed by atoms with van der Waals surface area (Å²) in [6, 6.07) is 10.1. The molecule has 0 aliphatic heterocycles. The monoisotopic (exact) mass is 413 g/mol. The molecule has 0 saturated carbocycles. The van der Waals surface area contributed by atoms with Crippen LogP contribution in [-0.2, 0) is 17.6 Å². The zero-order valence-electron chi connectivity index (χ0n) is 15.8. The summed E-state index contributed by atoms with van der Waals surface area (Å²) >= 11 is 6.82. The minimum atomic E-state index is -0.162. The Balaban J connectivity index is 1.43. The summed E-state index contributed by atoms with van der Waals surface area (Å²) < 4.78 is 5.63. The number of thiocarbonyl (C=S) groups is 1. The first-order chi connectivity index (χ1) is 13.6. The fraction of sp³-hybridized carbons (Fsp3) is 0.381. The Morgan fingerprint density at radius 1 is 1.29 bits per heavy atom. The predicted molar refractivity (Wildman–Crippen MR) is 116 cm³/mol. The SMILES string of the molecule is Cc1ccc(OCCCC(=O)NC(=S)Nc2sc3c(c2C#N)CCCC3)cc1. The number of aryl methyl sites for hydroxylation is 2. The number of nitriles is 1. The molecule has 0 radical (unpaired) electrons. The minimum Gasteiger partial charge on any atom is -0.494 e. The van der Waals surface area contributed by atoms with Crippen LogP contribution >= 0.6 is 23.6 Å². The van der Waals surface area contributed by atoms with Gasteiger partial charge >= 0.3 is 0 Å². The van der Waals surface area contributed by atoms with Crippen LogP contribution in [0.1, 0.15) is 47.3 Å². The molecule has 0 atom stereocenters. The Labute approximate surface area is 174 Å². The molecule has 0 unspecified atom stereocenters. The van der Waals surface area contributed by atoms with Gasteiger partial charge in [-0.3, -0.25) is 4.79 Å². The fourth-order valence-electron chi connectivity index (χ4n) is 3.15. The average Bonchev–Trinajstić information content (AvgIpc) is 3.03. The normalized spacial score (nSPS) is 12.6. The molecule has 0 fully saturated rings. The van der Waals surface area contributed by atoms with Crippen molar-refractivity contribution in [3.05, 3.63) is 45.8 Å². The Bertz CT molecular complexity index is 898. The summed E-state index contributed by atoms with van der Waals surface area (Å²) in [5, 5.41) is 16.2. The molecule has 0 bridgehead atoms. The van der Waals surface area contributed by atoms with E-state index < -0.39 is 0 Å². The summed E-state index contributed by atoms with van der Waals surface area (Å²) in [6.45, 7) is 2.49. The molecule has 146 valence electrons. The second-order valence-corrected chi connectivity index (χ2v) is 8.31. The molecular formula is C21H23N3O2S2. The lowest BCUT2D eigenvalue weighted by molar-refractivity contribution is -0.119. The molecule has 3 rings (SSSR count). The molecule has 1 heterocycles. The standard InChI is InChI=1S/C21H23N3O2S2/c1-14-8-10-15(11-9-14)26-12-4-7-19(25)23-21(27)24-20-17(13-22)16-5-2-3-6-18(16)28-20/h8-11H,2-7,12H2,1H3,(H2,23,24,25,27). The average molecular weight is 414 g/mol. The van der Waals surface area contributed by atoms with Crippen LogP contribution < -0.4 is 15.4 Å². The number of hydrogen-bond acceptors (Lipinski definition) is 5. The quantitative estimate of drug-likeness (QED) is 0.540. The van der Waals surface area contributed by atoms with Crippen molar-refractivity contribution in [2.75, 3.05) is 11.9 Å². The van der Waals surface area contributed by atoms with Crippen LogP contribution in [0.25, 0.3) is 0 Å². The van der Waals surface area contributed by atoms with E-state index in [0.29, 0.717) is 25.0 Å². The Morgan fingerprint density at radius 3 is 2.79 bits per heavy atom. The number of ether oxygens (including phenoxy) is 1. The summed E-state index contributed by atoms with van der Waals surface area (Å²) in [6.07, 6.45) is 5.14. The zero-order valence-corrected chi connectivity index (χ0v) is 17.5. The highest BCUT2D eigenvalue weighted by Gasteiger charge is 2.21. The van der Waals surface area contributed by atoms with Gasteiger partial charge in [-0.1, -0.05) is 17.7 Å².